The molecule has 1 saturated carbocycles. The maximum atomic E-state index is 3.75. The Morgan fingerprint density at radius 2 is 2.11 bits per heavy atom. The number of rotatable bonds is 4. The van der Waals surface area contributed by atoms with Crippen molar-refractivity contribution in [3.8, 4) is 0 Å². The predicted molar refractivity (Wildman–Crippen MR) is 81.5 cm³/mol. The summed E-state index contributed by atoms with van der Waals surface area (Å²) >= 11 is 0. The molecule has 0 aromatic heterocycles. The van der Waals surface area contributed by atoms with Crippen LogP contribution < -0.4 is 10.6 Å². The van der Waals surface area contributed by atoms with Crippen molar-refractivity contribution in [1.82, 2.24) is 5.32 Å². The van der Waals surface area contributed by atoms with Gasteiger partial charge < -0.3 is 10.6 Å². The van der Waals surface area contributed by atoms with Gasteiger partial charge in [0.05, 0.1) is 0 Å². The van der Waals surface area contributed by atoms with E-state index in [2.05, 4.69) is 35.8 Å². The Labute approximate surface area is 117 Å². The normalized spacial score (nSPS) is 20.9. The first-order chi connectivity index (χ1) is 9.34. The van der Waals surface area contributed by atoms with E-state index in [1.165, 1.54) is 55.3 Å². The quantitative estimate of drug-likeness (QED) is 0.860. The summed E-state index contributed by atoms with van der Waals surface area (Å²) in [5.74, 6) is 0.896. The molecule has 3 rings (SSSR count). The zero-order valence-electron chi connectivity index (χ0n) is 12.0. The summed E-state index contributed by atoms with van der Waals surface area (Å²) in [4.78, 5) is 0. The van der Waals surface area contributed by atoms with E-state index in [4.69, 9.17) is 0 Å². The number of fused-ring (bicyclic) bond motifs is 1. The van der Waals surface area contributed by atoms with Gasteiger partial charge in [0.25, 0.3) is 0 Å². The van der Waals surface area contributed by atoms with Gasteiger partial charge in [0, 0.05) is 24.8 Å². The Balaban J connectivity index is 1.63. The molecular formula is C17H26N2. The predicted octanol–water partition coefficient (Wildman–Crippen LogP) is 3.71. The van der Waals surface area contributed by atoms with Crippen LogP contribution in [0.25, 0.3) is 0 Å². The molecule has 0 radical (unpaired) electrons. The van der Waals surface area contributed by atoms with Crippen LogP contribution in [0.4, 0.5) is 5.69 Å². The molecule has 1 fully saturated rings. The molecule has 1 heterocycles. The van der Waals surface area contributed by atoms with Gasteiger partial charge in [0.1, 0.15) is 0 Å². The maximum Gasteiger partial charge on any atom is 0.0418 e. The smallest absolute Gasteiger partial charge is 0.0418 e. The van der Waals surface area contributed by atoms with Gasteiger partial charge in [0.2, 0.25) is 0 Å². The van der Waals surface area contributed by atoms with E-state index in [9.17, 15) is 0 Å². The van der Waals surface area contributed by atoms with E-state index in [1.54, 1.807) is 0 Å². The standard InChI is InChI=1S/C17H26N2/c1-13(14-6-2-3-7-14)19-12-16-9-4-8-15-10-5-11-18-17(15)16/h4,8-9,13-14,18-19H,2-3,5-7,10-12H2,1H3. The van der Waals surface area contributed by atoms with Gasteiger partial charge >= 0.3 is 0 Å². The Morgan fingerprint density at radius 3 is 2.95 bits per heavy atom. The third kappa shape index (κ3) is 2.94. The Morgan fingerprint density at radius 1 is 1.26 bits per heavy atom. The van der Waals surface area contributed by atoms with Crippen molar-refractivity contribution in [3.05, 3.63) is 29.3 Å². The van der Waals surface area contributed by atoms with Crippen molar-refractivity contribution < 1.29 is 0 Å². The lowest BCUT2D eigenvalue weighted by atomic mass is 9.97. The molecule has 2 nitrogen and oxygen atoms in total. The van der Waals surface area contributed by atoms with Crippen LogP contribution in [-0.2, 0) is 13.0 Å². The summed E-state index contributed by atoms with van der Waals surface area (Å²) in [6.45, 7) is 4.49. The average molecular weight is 258 g/mol. The fraction of sp³-hybridized carbons (Fsp3) is 0.647. The second-order valence-electron chi connectivity index (χ2n) is 6.20. The molecule has 1 aliphatic carbocycles. The zero-order chi connectivity index (χ0) is 13.1. The summed E-state index contributed by atoms with van der Waals surface area (Å²) in [7, 11) is 0. The van der Waals surface area contributed by atoms with Crippen molar-refractivity contribution >= 4 is 5.69 Å². The molecule has 0 bridgehead atoms. The first-order valence-corrected chi connectivity index (χ1v) is 7.92. The molecule has 2 heteroatoms. The van der Waals surface area contributed by atoms with Gasteiger partial charge in [-0.3, -0.25) is 0 Å². The molecule has 1 aliphatic heterocycles. The fourth-order valence-electron chi connectivity index (χ4n) is 3.62. The lowest BCUT2D eigenvalue weighted by molar-refractivity contribution is 0.380. The first-order valence-electron chi connectivity index (χ1n) is 7.92. The lowest BCUT2D eigenvalue weighted by Crippen LogP contribution is -2.32. The number of hydrogen-bond acceptors (Lipinski definition) is 2. The lowest BCUT2D eigenvalue weighted by Gasteiger charge is -2.24. The largest absolute Gasteiger partial charge is 0.385 e. The molecule has 2 N–H and O–H groups in total. The highest BCUT2D eigenvalue weighted by Crippen LogP contribution is 2.29. The van der Waals surface area contributed by atoms with Crippen LogP contribution in [0, 0.1) is 5.92 Å². The van der Waals surface area contributed by atoms with Crippen molar-refractivity contribution in [2.45, 2.75) is 58.0 Å². The van der Waals surface area contributed by atoms with E-state index < -0.39 is 0 Å². The number of benzene rings is 1. The highest BCUT2D eigenvalue weighted by Gasteiger charge is 2.21. The Bertz CT molecular complexity index is 421. The second-order valence-corrected chi connectivity index (χ2v) is 6.20. The third-order valence-corrected chi connectivity index (χ3v) is 4.88. The molecule has 1 unspecified atom stereocenters. The number of anilines is 1. The summed E-state index contributed by atoms with van der Waals surface area (Å²) in [6.07, 6.45) is 8.19. The highest BCUT2D eigenvalue weighted by molar-refractivity contribution is 5.59. The first kappa shape index (κ1) is 13.0. The number of aryl methyl sites for hydroxylation is 1. The molecule has 19 heavy (non-hydrogen) atoms. The zero-order valence-corrected chi connectivity index (χ0v) is 12.0. The number of nitrogens with one attached hydrogen (secondary N) is 2. The molecular weight excluding hydrogens is 232 g/mol. The molecule has 2 aliphatic rings. The Hall–Kier alpha value is -1.02. The topological polar surface area (TPSA) is 24.1 Å². The maximum absolute atomic E-state index is 3.75. The monoisotopic (exact) mass is 258 g/mol. The van der Waals surface area contributed by atoms with Crippen molar-refractivity contribution in [3.63, 3.8) is 0 Å². The van der Waals surface area contributed by atoms with Crippen LogP contribution in [0.2, 0.25) is 0 Å². The summed E-state index contributed by atoms with van der Waals surface area (Å²) < 4.78 is 0. The molecule has 1 atom stereocenters. The van der Waals surface area contributed by atoms with E-state index >= 15 is 0 Å². The van der Waals surface area contributed by atoms with Gasteiger partial charge in [-0.25, -0.2) is 0 Å². The minimum Gasteiger partial charge on any atom is -0.385 e. The van der Waals surface area contributed by atoms with Gasteiger partial charge in [-0.2, -0.15) is 0 Å². The van der Waals surface area contributed by atoms with Crippen LogP contribution in [0.15, 0.2) is 18.2 Å². The van der Waals surface area contributed by atoms with Crippen molar-refractivity contribution in [2.24, 2.45) is 5.92 Å². The molecule has 0 amide bonds. The van der Waals surface area contributed by atoms with Gasteiger partial charge in [-0.1, -0.05) is 31.0 Å². The van der Waals surface area contributed by atoms with Crippen LogP contribution >= 0.6 is 0 Å². The van der Waals surface area contributed by atoms with Crippen LogP contribution in [0.5, 0.6) is 0 Å². The number of para-hydroxylation sites is 1. The average Bonchev–Trinajstić information content (AvgIpc) is 2.99. The second kappa shape index (κ2) is 5.96. The van der Waals surface area contributed by atoms with Crippen molar-refractivity contribution in [2.75, 3.05) is 11.9 Å². The summed E-state index contributed by atoms with van der Waals surface area (Å²) in [5.41, 5.74) is 4.35. The molecule has 1 aromatic carbocycles. The van der Waals surface area contributed by atoms with Crippen LogP contribution in [0.1, 0.15) is 50.2 Å². The molecule has 0 spiro atoms. The van der Waals surface area contributed by atoms with E-state index in [1.807, 2.05) is 0 Å². The molecule has 1 aromatic rings. The van der Waals surface area contributed by atoms with Gasteiger partial charge in [0.15, 0.2) is 0 Å². The van der Waals surface area contributed by atoms with Crippen LogP contribution in [0.3, 0.4) is 0 Å². The van der Waals surface area contributed by atoms with E-state index in [0.29, 0.717) is 6.04 Å². The SMILES string of the molecule is CC(NCc1cccc2c1NCCC2)C1CCCC1. The Kier molecular flexibility index (Phi) is 4.07. The van der Waals surface area contributed by atoms with E-state index in [-0.39, 0.29) is 0 Å². The van der Waals surface area contributed by atoms with Gasteiger partial charge in [-0.15, -0.1) is 0 Å². The minimum absolute atomic E-state index is 0.655. The highest BCUT2D eigenvalue weighted by atomic mass is 14.9. The summed E-state index contributed by atoms with van der Waals surface area (Å²) in [5, 5.41) is 7.34. The molecule has 0 saturated heterocycles. The van der Waals surface area contributed by atoms with Crippen molar-refractivity contribution in [1.29, 1.82) is 0 Å². The third-order valence-electron chi connectivity index (χ3n) is 4.88. The van der Waals surface area contributed by atoms with E-state index in [0.717, 1.165) is 19.0 Å². The fourth-order valence-corrected chi connectivity index (χ4v) is 3.62. The number of hydrogen-bond donors (Lipinski definition) is 2. The van der Waals surface area contributed by atoms with Gasteiger partial charge in [-0.05, 0) is 49.7 Å². The molecule has 104 valence electrons. The van der Waals surface area contributed by atoms with Crippen LogP contribution in [-0.4, -0.2) is 12.6 Å². The minimum atomic E-state index is 0.655. The summed E-state index contributed by atoms with van der Waals surface area (Å²) in [6, 6.07) is 7.40.